The summed E-state index contributed by atoms with van der Waals surface area (Å²) in [6, 6.07) is 21.6. The van der Waals surface area contributed by atoms with Gasteiger partial charge >= 0.3 is 0 Å². The van der Waals surface area contributed by atoms with E-state index < -0.39 is 0 Å². The first kappa shape index (κ1) is 23.1. The summed E-state index contributed by atoms with van der Waals surface area (Å²) < 4.78 is 1.99. The quantitative estimate of drug-likeness (QED) is 0.309. The molecule has 168 valence electrons. The molecule has 0 saturated carbocycles. The van der Waals surface area contributed by atoms with Gasteiger partial charge in [0.05, 0.1) is 11.4 Å². The highest BCUT2D eigenvalue weighted by Crippen LogP contribution is 2.30. The SMILES string of the molecule is CCc1ccccc1NC(=O)CSc1nnc(-c2ccc(Cl)cc2)n1-c1ccc(C)c(C)c1. The first-order valence-corrected chi connectivity index (χ1v) is 12.1. The number of aryl methyl sites for hydroxylation is 3. The number of rotatable bonds is 7. The summed E-state index contributed by atoms with van der Waals surface area (Å²) in [5.74, 6) is 0.847. The number of nitrogens with zero attached hydrogens (tertiary/aromatic N) is 3. The molecule has 1 N–H and O–H groups in total. The monoisotopic (exact) mass is 476 g/mol. The van der Waals surface area contributed by atoms with Gasteiger partial charge in [-0.25, -0.2) is 0 Å². The molecule has 0 spiro atoms. The number of anilines is 1. The van der Waals surface area contributed by atoms with Crippen LogP contribution in [0.25, 0.3) is 17.1 Å². The number of hydrogen-bond donors (Lipinski definition) is 1. The van der Waals surface area contributed by atoms with Crippen LogP contribution in [0.3, 0.4) is 0 Å². The van der Waals surface area contributed by atoms with Gasteiger partial charge in [-0.2, -0.15) is 0 Å². The zero-order chi connectivity index (χ0) is 23.4. The minimum Gasteiger partial charge on any atom is -0.325 e. The van der Waals surface area contributed by atoms with Gasteiger partial charge in [0.15, 0.2) is 11.0 Å². The Kier molecular flexibility index (Phi) is 7.16. The van der Waals surface area contributed by atoms with E-state index in [1.807, 2.05) is 59.2 Å². The number of halogens is 1. The fourth-order valence-electron chi connectivity index (χ4n) is 3.51. The van der Waals surface area contributed by atoms with Crippen molar-refractivity contribution in [3.8, 4) is 17.1 Å². The van der Waals surface area contributed by atoms with Crippen molar-refractivity contribution in [3.63, 3.8) is 0 Å². The number of carbonyl (C=O) groups is 1. The van der Waals surface area contributed by atoms with E-state index in [-0.39, 0.29) is 11.7 Å². The van der Waals surface area contributed by atoms with Crippen molar-refractivity contribution in [2.45, 2.75) is 32.3 Å². The van der Waals surface area contributed by atoms with Gasteiger partial charge in [0.1, 0.15) is 0 Å². The fraction of sp³-hybridized carbons (Fsp3) is 0.192. The highest BCUT2D eigenvalue weighted by atomic mass is 35.5. The van der Waals surface area contributed by atoms with Crippen molar-refractivity contribution < 1.29 is 4.79 Å². The maximum Gasteiger partial charge on any atom is 0.234 e. The number of para-hydroxylation sites is 1. The topological polar surface area (TPSA) is 59.8 Å². The predicted octanol–water partition coefficient (Wildman–Crippen LogP) is 6.50. The average Bonchev–Trinajstić information content (AvgIpc) is 3.24. The molecule has 0 atom stereocenters. The van der Waals surface area contributed by atoms with Crippen molar-refractivity contribution >= 4 is 35.0 Å². The van der Waals surface area contributed by atoms with Gasteiger partial charge in [0.25, 0.3) is 0 Å². The number of nitrogens with one attached hydrogen (secondary N) is 1. The number of benzene rings is 3. The minimum atomic E-state index is -0.0800. The van der Waals surface area contributed by atoms with Crippen LogP contribution in [-0.4, -0.2) is 26.4 Å². The number of hydrogen-bond acceptors (Lipinski definition) is 4. The summed E-state index contributed by atoms with van der Waals surface area (Å²) in [5.41, 5.74) is 6.20. The Morgan fingerprint density at radius 3 is 2.48 bits per heavy atom. The van der Waals surface area contributed by atoms with E-state index in [2.05, 4.69) is 48.4 Å². The Balaban J connectivity index is 1.63. The highest BCUT2D eigenvalue weighted by molar-refractivity contribution is 7.99. The van der Waals surface area contributed by atoms with Crippen molar-refractivity contribution in [2.24, 2.45) is 0 Å². The molecule has 0 saturated heterocycles. The van der Waals surface area contributed by atoms with E-state index in [0.29, 0.717) is 16.0 Å². The van der Waals surface area contributed by atoms with Crippen LogP contribution < -0.4 is 5.32 Å². The van der Waals surface area contributed by atoms with E-state index >= 15 is 0 Å². The molecule has 1 heterocycles. The van der Waals surface area contributed by atoms with E-state index in [0.717, 1.165) is 28.9 Å². The van der Waals surface area contributed by atoms with Crippen LogP contribution in [0.4, 0.5) is 5.69 Å². The molecule has 7 heteroatoms. The molecule has 3 aromatic carbocycles. The summed E-state index contributed by atoms with van der Waals surface area (Å²) in [5, 5.41) is 13.2. The smallest absolute Gasteiger partial charge is 0.234 e. The van der Waals surface area contributed by atoms with E-state index in [9.17, 15) is 4.79 Å². The second-order valence-corrected chi connectivity index (χ2v) is 9.14. The van der Waals surface area contributed by atoms with E-state index in [1.54, 1.807) is 0 Å². The van der Waals surface area contributed by atoms with Crippen LogP contribution >= 0.6 is 23.4 Å². The molecular weight excluding hydrogens is 452 g/mol. The Labute approximate surface area is 203 Å². The number of aromatic nitrogens is 3. The molecule has 0 fully saturated rings. The predicted molar refractivity (Wildman–Crippen MR) is 136 cm³/mol. The first-order chi connectivity index (χ1) is 16.0. The maximum atomic E-state index is 12.7. The molecule has 1 aromatic heterocycles. The average molecular weight is 477 g/mol. The molecule has 0 bridgehead atoms. The van der Waals surface area contributed by atoms with Crippen LogP contribution in [0.2, 0.25) is 5.02 Å². The zero-order valence-corrected chi connectivity index (χ0v) is 20.4. The van der Waals surface area contributed by atoms with Crippen LogP contribution in [0.15, 0.2) is 71.9 Å². The molecule has 0 unspecified atom stereocenters. The molecule has 5 nitrogen and oxygen atoms in total. The largest absolute Gasteiger partial charge is 0.325 e. The second kappa shape index (κ2) is 10.2. The number of carbonyl (C=O) groups excluding carboxylic acids is 1. The Morgan fingerprint density at radius 2 is 1.76 bits per heavy atom. The third-order valence-corrected chi connectivity index (χ3v) is 6.67. The molecule has 1 amide bonds. The van der Waals surface area contributed by atoms with Gasteiger partial charge in [-0.1, -0.05) is 54.6 Å². The van der Waals surface area contributed by atoms with Gasteiger partial charge < -0.3 is 5.32 Å². The zero-order valence-electron chi connectivity index (χ0n) is 18.8. The summed E-state index contributed by atoms with van der Waals surface area (Å²) in [6.45, 7) is 6.24. The van der Waals surface area contributed by atoms with Crippen molar-refractivity contribution in [2.75, 3.05) is 11.1 Å². The lowest BCUT2D eigenvalue weighted by atomic mass is 10.1. The van der Waals surface area contributed by atoms with Crippen LogP contribution in [0.1, 0.15) is 23.6 Å². The number of thioether (sulfide) groups is 1. The fourth-order valence-corrected chi connectivity index (χ4v) is 4.39. The Hall–Kier alpha value is -3.09. The lowest BCUT2D eigenvalue weighted by molar-refractivity contribution is -0.113. The molecule has 0 radical (unpaired) electrons. The summed E-state index contributed by atoms with van der Waals surface area (Å²) in [7, 11) is 0. The van der Waals surface area contributed by atoms with Crippen molar-refractivity contribution in [1.82, 2.24) is 14.8 Å². The standard InChI is InChI=1S/C26H25ClN4OS/c1-4-19-7-5-6-8-23(19)28-24(32)16-33-26-30-29-25(20-10-12-21(27)13-11-20)31(26)22-14-9-17(2)18(3)15-22/h5-15H,4,16H2,1-3H3,(H,28,32). The summed E-state index contributed by atoms with van der Waals surface area (Å²) in [4.78, 5) is 12.7. The normalized spacial score (nSPS) is 10.9. The third kappa shape index (κ3) is 5.29. The van der Waals surface area contributed by atoms with Crippen molar-refractivity contribution in [3.05, 3.63) is 88.4 Å². The molecule has 33 heavy (non-hydrogen) atoms. The lowest BCUT2D eigenvalue weighted by Crippen LogP contribution is -2.15. The third-order valence-electron chi connectivity index (χ3n) is 5.49. The lowest BCUT2D eigenvalue weighted by Gasteiger charge is -2.13. The summed E-state index contributed by atoms with van der Waals surface area (Å²) >= 11 is 7.44. The number of amides is 1. The molecular formula is C26H25ClN4OS. The van der Waals surface area contributed by atoms with Gasteiger partial charge in [0, 0.05) is 16.3 Å². The maximum absolute atomic E-state index is 12.7. The van der Waals surface area contributed by atoms with E-state index in [1.165, 1.54) is 22.9 Å². The molecule has 0 aliphatic heterocycles. The van der Waals surface area contributed by atoms with Crippen LogP contribution in [0.5, 0.6) is 0 Å². The summed E-state index contributed by atoms with van der Waals surface area (Å²) in [6.07, 6.45) is 0.856. The van der Waals surface area contributed by atoms with Crippen molar-refractivity contribution in [1.29, 1.82) is 0 Å². The molecule has 4 rings (SSSR count). The highest BCUT2D eigenvalue weighted by Gasteiger charge is 2.18. The second-order valence-electron chi connectivity index (χ2n) is 7.76. The first-order valence-electron chi connectivity index (χ1n) is 10.8. The van der Waals surface area contributed by atoms with Crippen LogP contribution in [-0.2, 0) is 11.2 Å². The molecule has 4 aromatic rings. The Morgan fingerprint density at radius 1 is 1.00 bits per heavy atom. The van der Waals surface area contributed by atoms with Crippen LogP contribution in [0, 0.1) is 13.8 Å². The minimum absolute atomic E-state index is 0.0800. The van der Waals surface area contributed by atoms with Gasteiger partial charge in [-0.3, -0.25) is 9.36 Å². The molecule has 0 aliphatic rings. The Bertz CT molecular complexity index is 1280. The molecule has 0 aliphatic carbocycles. The van der Waals surface area contributed by atoms with Gasteiger partial charge in [0.2, 0.25) is 5.91 Å². The van der Waals surface area contributed by atoms with E-state index in [4.69, 9.17) is 11.6 Å². The van der Waals surface area contributed by atoms with Gasteiger partial charge in [-0.05, 0) is 79.4 Å². The van der Waals surface area contributed by atoms with Gasteiger partial charge in [-0.15, -0.1) is 10.2 Å².